The number of nitrogens with zero attached hydrogens (tertiary/aromatic N) is 5. The molecule has 12 heteroatoms. The van der Waals surface area contributed by atoms with E-state index < -0.39 is 11.7 Å². The molecule has 3 heterocycles. The maximum absolute atomic E-state index is 12.8. The number of alkyl halides is 3. The van der Waals surface area contributed by atoms with Gasteiger partial charge < -0.3 is 10.2 Å². The highest BCUT2D eigenvalue weighted by Gasteiger charge is 2.32. The maximum Gasteiger partial charge on any atom is 0.417 e. The molecule has 0 bridgehead atoms. The van der Waals surface area contributed by atoms with Gasteiger partial charge in [0.25, 0.3) is 0 Å². The quantitative estimate of drug-likeness (QED) is 0.647. The molecule has 0 aliphatic carbocycles. The standard InChI is InChI=1S/C18H16ClF3N6OS/c19-12-8-11(18(20,21)22)9-23-17(12)28-6-4-27(5-7-28)10-15(29)24-13-2-1-3-14-16(13)26-30-25-14/h1-3,8-9H,4-7,10H2,(H,24,29). The molecule has 4 rings (SSSR count). The Hall–Kier alpha value is -2.50. The molecule has 158 valence electrons. The van der Waals surface area contributed by atoms with Crippen molar-refractivity contribution >= 4 is 51.8 Å². The van der Waals surface area contributed by atoms with Crippen molar-refractivity contribution < 1.29 is 18.0 Å². The molecular formula is C18H16ClF3N6OS. The zero-order valence-electron chi connectivity index (χ0n) is 15.5. The maximum atomic E-state index is 12.8. The van der Waals surface area contributed by atoms with Crippen molar-refractivity contribution in [3.63, 3.8) is 0 Å². The van der Waals surface area contributed by atoms with E-state index in [1.165, 1.54) is 0 Å². The van der Waals surface area contributed by atoms with E-state index in [9.17, 15) is 18.0 Å². The van der Waals surface area contributed by atoms with E-state index in [1.807, 2.05) is 15.9 Å². The van der Waals surface area contributed by atoms with Gasteiger partial charge in [0.05, 0.1) is 34.5 Å². The van der Waals surface area contributed by atoms with Gasteiger partial charge in [-0.1, -0.05) is 17.7 Å². The largest absolute Gasteiger partial charge is 0.417 e. The van der Waals surface area contributed by atoms with Gasteiger partial charge in [-0.05, 0) is 18.2 Å². The first-order chi connectivity index (χ1) is 14.3. The van der Waals surface area contributed by atoms with Crippen molar-refractivity contribution in [1.82, 2.24) is 18.6 Å². The zero-order valence-corrected chi connectivity index (χ0v) is 17.1. The first-order valence-corrected chi connectivity index (χ1v) is 10.1. The molecule has 7 nitrogen and oxygen atoms in total. The molecule has 1 aromatic carbocycles. The number of nitrogens with one attached hydrogen (secondary N) is 1. The van der Waals surface area contributed by atoms with Crippen LogP contribution in [-0.2, 0) is 11.0 Å². The van der Waals surface area contributed by atoms with Crippen LogP contribution in [0.15, 0.2) is 30.5 Å². The molecule has 1 N–H and O–H groups in total. The molecule has 1 aliphatic heterocycles. The number of rotatable bonds is 4. The summed E-state index contributed by atoms with van der Waals surface area (Å²) in [5.41, 5.74) is 1.12. The van der Waals surface area contributed by atoms with Crippen LogP contribution in [0.25, 0.3) is 11.0 Å². The Kier molecular flexibility index (Phi) is 5.76. The number of halogens is 4. The average molecular weight is 457 g/mol. The zero-order chi connectivity index (χ0) is 21.3. The molecular weight excluding hydrogens is 441 g/mol. The van der Waals surface area contributed by atoms with E-state index in [4.69, 9.17) is 11.6 Å². The van der Waals surface area contributed by atoms with Crippen molar-refractivity contribution in [2.45, 2.75) is 6.18 Å². The first kappa shape index (κ1) is 20.8. The van der Waals surface area contributed by atoms with E-state index in [0.29, 0.717) is 43.2 Å². The Morgan fingerprint density at radius 3 is 2.67 bits per heavy atom. The van der Waals surface area contributed by atoms with Crippen LogP contribution in [0.5, 0.6) is 0 Å². The number of hydrogen-bond acceptors (Lipinski definition) is 7. The number of aromatic nitrogens is 3. The fraction of sp³-hybridized carbons (Fsp3) is 0.333. The van der Waals surface area contributed by atoms with Crippen molar-refractivity contribution in [3.8, 4) is 0 Å². The van der Waals surface area contributed by atoms with E-state index >= 15 is 0 Å². The minimum atomic E-state index is -4.49. The van der Waals surface area contributed by atoms with Gasteiger partial charge in [0.1, 0.15) is 16.9 Å². The van der Waals surface area contributed by atoms with Crippen LogP contribution in [0.1, 0.15) is 5.56 Å². The lowest BCUT2D eigenvalue weighted by molar-refractivity contribution is -0.137. The molecule has 0 radical (unpaired) electrons. The first-order valence-electron chi connectivity index (χ1n) is 9.02. The van der Waals surface area contributed by atoms with E-state index in [0.717, 1.165) is 29.5 Å². The normalized spacial score (nSPS) is 15.5. The number of carbonyl (C=O) groups excluding carboxylic acids is 1. The SMILES string of the molecule is O=C(CN1CCN(c2ncc(C(F)(F)F)cc2Cl)CC1)Nc1cccc2nsnc12. The van der Waals surface area contributed by atoms with Gasteiger partial charge in [0.2, 0.25) is 5.91 Å². The Labute approximate surface area is 178 Å². The van der Waals surface area contributed by atoms with Gasteiger partial charge >= 0.3 is 6.18 Å². The fourth-order valence-electron chi connectivity index (χ4n) is 3.24. The highest BCUT2D eigenvalue weighted by atomic mass is 35.5. The Balaban J connectivity index is 1.33. The Morgan fingerprint density at radius 2 is 1.97 bits per heavy atom. The lowest BCUT2D eigenvalue weighted by Crippen LogP contribution is -2.49. The topological polar surface area (TPSA) is 74.2 Å². The summed E-state index contributed by atoms with van der Waals surface area (Å²) >= 11 is 7.11. The predicted octanol–water partition coefficient (Wildman–Crippen LogP) is 3.52. The van der Waals surface area contributed by atoms with Gasteiger partial charge in [-0.15, -0.1) is 0 Å². The summed E-state index contributed by atoms with van der Waals surface area (Å²) < 4.78 is 46.7. The second-order valence-electron chi connectivity index (χ2n) is 6.78. The lowest BCUT2D eigenvalue weighted by Gasteiger charge is -2.35. The monoisotopic (exact) mass is 456 g/mol. The third kappa shape index (κ3) is 4.47. The van der Waals surface area contributed by atoms with Crippen LogP contribution >= 0.6 is 23.3 Å². The molecule has 1 amide bonds. The Bertz CT molecular complexity index is 1070. The number of piperazine rings is 1. The molecule has 1 saturated heterocycles. The van der Waals surface area contributed by atoms with Crippen LogP contribution in [-0.4, -0.2) is 57.3 Å². The molecule has 0 atom stereocenters. The molecule has 0 unspecified atom stereocenters. The third-order valence-corrected chi connectivity index (χ3v) is 5.57. The molecule has 2 aromatic heterocycles. The average Bonchev–Trinajstić information content (AvgIpc) is 3.18. The van der Waals surface area contributed by atoms with Crippen LogP contribution in [0, 0.1) is 0 Å². The van der Waals surface area contributed by atoms with Crippen molar-refractivity contribution in [3.05, 3.63) is 41.0 Å². The number of pyridine rings is 1. The summed E-state index contributed by atoms with van der Waals surface area (Å²) in [6, 6.07) is 6.29. The van der Waals surface area contributed by atoms with Gasteiger partial charge in [0, 0.05) is 32.4 Å². The summed E-state index contributed by atoms with van der Waals surface area (Å²) in [7, 11) is 0. The van der Waals surface area contributed by atoms with Crippen LogP contribution < -0.4 is 10.2 Å². The third-order valence-electron chi connectivity index (χ3n) is 4.75. The second kappa shape index (κ2) is 8.32. The van der Waals surface area contributed by atoms with Gasteiger partial charge in [-0.3, -0.25) is 9.69 Å². The minimum absolute atomic E-state index is 0.0408. The highest BCUT2D eigenvalue weighted by molar-refractivity contribution is 7.00. The summed E-state index contributed by atoms with van der Waals surface area (Å²) in [6.07, 6.45) is -3.70. The number of amides is 1. The van der Waals surface area contributed by atoms with E-state index in [1.54, 1.807) is 12.1 Å². The highest BCUT2D eigenvalue weighted by Crippen LogP contribution is 2.33. The van der Waals surface area contributed by atoms with Crippen molar-refractivity contribution in [1.29, 1.82) is 0 Å². The molecule has 1 fully saturated rings. The lowest BCUT2D eigenvalue weighted by atomic mass is 10.2. The van der Waals surface area contributed by atoms with Gasteiger partial charge in [0.15, 0.2) is 0 Å². The number of anilines is 2. The number of hydrogen-bond donors (Lipinski definition) is 1. The van der Waals surface area contributed by atoms with Crippen LogP contribution in [0.4, 0.5) is 24.7 Å². The van der Waals surface area contributed by atoms with Crippen LogP contribution in [0.3, 0.4) is 0 Å². The van der Waals surface area contributed by atoms with Gasteiger partial charge in [-0.2, -0.15) is 21.9 Å². The Morgan fingerprint density at radius 1 is 1.20 bits per heavy atom. The van der Waals surface area contributed by atoms with Crippen LogP contribution in [0.2, 0.25) is 5.02 Å². The number of carbonyl (C=O) groups is 1. The second-order valence-corrected chi connectivity index (χ2v) is 7.71. The van der Waals surface area contributed by atoms with Crippen molar-refractivity contribution in [2.75, 3.05) is 42.9 Å². The summed E-state index contributed by atoms with van der Waals surface area (Å²) in [5.74, 6) is 0.145. The minimum Gasteiger partial charge on any atom is -0.353 e. The fourth-order valence-corrected chi connectivity index (χ4v) is 4.07. The molecule has 0 saturated carbocycles. The molecule has 1 aliphatic rings. The predicted molar refractivity (Wildman–Crippen MR) is 109 cm³/mol. The van der Waals surface area contributed by atoms with Crippen molar-refractivity contribution in [2.24, 2.45) is 0 Å². The molecule has 3 aromatic rings. The number of fused-ring (bicyclic) bond motifs is 1. The molecule has 0 spiro atoms. The van der Waals surface area contributed by atoms with E-state index in [2.05, 4.69) is 19.0 Å². The summed E-state index contributed by atoms with van der Waals surface area (Å²) in [5, 5.41) is 2.82. The van der Waals surface area contributed by atoms with E-state index in [-0.39, 0.29) is 17.5 Å². The number of benzene rings is 1. The summed E-state index contributed by atoms with van der Waals surface area (Å²) in [6.45, 7) is 2.29. The smallest absolute Gasteiger partial charge is 0.353 e. The van der Waals surface area contributed by atoms with Gasteiger partial charge in [-0.25, -0.2) is 4.98 Å². The molecule has 30 heavy (non-hydrogen) atoms. The summed E-state index contributed by atoms with van der Waals surface area (Å²) in [4.78, 5) is 20.1.